The van der Waals surface area contributed by atoms with E-state index in [0.29, 0.717) is 25.9 Å². The largest absolute Gasteiger partial charge is 0.394 e. The normalized spacial score (nSPS) is 23.6. The quantitative estimate of drug-likeness (QED) is 0.685. The average Bonchev–Trinajstić information content (AvgIpc) is 2.79. The van der Waals surface area contributed by atoms with E-state index in [9.17, 15) is 22.7 Å². The number of benzene rings is 2. The Morgan fingerprint density at radius 1 is 1.12 bits per heavy atom. The summed E-state index contributed by atoms with van der Waals surface area (Å²) in [6.45, 7) is 0.857. The van der Waals surface area contributed by atoms with E-state index in [1.54, 1.807) is 0 Å². The van der Waals surface area contributed by atoms with Gasteiger partial charge in [0, 0.05) is 13.1 Å². The fraction of sp³-hybridized carbons (Fsp3) is 0.435. The van der Waals surface area contributed by atoms with Gasteiger partial charge in [-0.05, 0) is 54.7 Å². The van der Waals surface area contributed by atoms with Gasteiger partial charge < -0.3 is 14.7 Å². The second kappa shape index (κ2) is 9.66. The number of sulfonamides is 1. The van der Waals surface area contributed by atoms with Crippen molar-refractivity contribution in [3.8, 4) is 0 Å². The summed E-state index contributed by atoms with van der Waals surface area (Å²) in [5, 5.41) is 9.77. The molecule has 0 bridgehead atoms. The maximum atomic E-state index is 13.1. The molecule has 0 saturated carbocycles. The van der Waals surface area contributed by atoms with Gasteiger partial charge in [0.2, 0.25) is 15.9 Å². The van der Waals surface area contributed by atoms with Crippen molar-refractivity contribution in [3.63, 3.8) is 0 Å². The van der Waals surface area contributed by atoms with Crippen molar-refractivity contribution in [2.75, 3.05) is 13.2 Å². The summed E-state index contributed by atoms with van der Waals surface area (Å²) in [6.07, 6.45) is 0.772. The monoisotopic (exact) mass is 462 g/mol. The molecule has 1 saturated heterocycles. The molecule has 2 aliphatic rings. The van der Waals surface area contributed by atoms with Gasteiger partial charge in [0.15, 0.2) is 0 Å². The lowest BCUT2D eigenvalue weighted by Gasteiger charge is -2.37. The van der Waals surface area contributed by atoms with Gasteiger partial charge in [-0.15, -0.1) is 0 Å². The number of ether oxygens (including phenoxy) is 1. The van der Waals surface area contributed by atoms with E-state index in [2.05, 4.69) is 10.8 Å². The van der Waals surface area contributed by atoms with Crippen LogP contribution in [-0.2, 0) is 32.5 Å². The minimum atomic E-state index is -3.89. The Balaban J connectivity index is 1.34. The smallest absolute Gasteiger partial charge is 0.240 e. The Bertz CT molecular complexity index is 1060. The van der Waals surface area contributed by atoms with Gasteiger partial charge in [0.25, 0.3) is 0 Å². The summed E-state index contributed by atoms with van der Waals surface area (Å²) >= 11 is 0. The Morgan fingerprint density at radius 2 is 1.84 bits per heavy atom. The van der Waals surface area contributed by atoms with Crippen LogP contribution in [0, 0.1) is 5.82 Å². The van der Waals surface area contributed by atoms with E-state index in [1.807, 2.05) is 23.1 Å². The van der Waals surface area contributed by atoms with Crippen LogP contribution in [0.1, 0.15) is 30.4 Å². The lowest BCUT2D eigenvalue weighted by atomic mass is 9.96. The lowest BCUT2D eigenvalue weighted by molar-refractivity contribution is -0.140. The van der Waals surface area contributed by atoms with Crippen LogP contribution in [0.25, 0.3) is 0 Å². The van der Waals surface area contributed by atoms with Crippen LogP contribution in [-0.4, -0.2) is 55.7 Å². The molecule has 32 heavy (non-hydrogen) atoms. The molecule has 2 aromatic carbocycles. The van der Waals surface area contributed by atoms with Gasteiger partial charge in [-0.2, -0.15) is 0 Å². The Morgan fingerprint density at radius 3 is 2.56 bits per heavy atom. The molecule has 7 nitrogen and oxygen atoms in total. The van der Waals surface area contributed by atoms with Crippen LogP contribution in [0.4, 0.5) is 4.39 Å². The highest BCUT2D eigenvalue weighted by atomic mass is 32.2. The molecule has 172 valence electrons. The van der Waals surface area contributed by atoms with E-state index < -0.39 is 28.0 Å². The maximum Gasteiger partial charge on any atom is 0.240 e. The number of carbonyl (C=O) groups is 1. The highest BCUT2D eigenvalue weighted by molar-refractivity contribution is 7.89. The van der Waals surface area contributed by atoms with Crippen LogP contribution in [0.3, 0.4) is 0 Å². The number of carbonyl (C=O) groups excluding carboxylic acids is 1. The summed E-state index contributed by atoms with van der Waals surface area (Å²) in [5.74, 6) is -0.533. The van der Waals surface area contributed by atoms with Gasteiger partial charge in [0.05, 0.1) is 36.2 Å². The average molecular weight is 463 g/mol. The fourth-order valence-electron chi connectivity index (χ4n) is 4.33. The fourth-order valence-corrected chi connectivity index (χ4v) is 5.63. The first kappa shape index (κ1) is 22.8. The Labute approximate surface area is 187 Å². The zero-order valence-corrected chi connectivity index (χ0v) is 18.4. The molecule has 2 aromatic rings. The third kappa shape index (κ3) is 5.17. The number of nitrogens with one attached hydrogen (secondary N) is 1. The number of hydrogen-bond donors (Lipinski definition) is 2. The first-order chi connectivity index (χ1) is 15.4. The molecule has 4 rings (SSSR count). The van der Waals surface area contributed by atoms with E-state index in [0.717, 1.165) is 24.1 Å². The summed E-state index contributed by atoms with van der Waals surface area (Å²) in [5.41, 5.74) is 2.42. The van der Waals surface area contributed by atoms with Crippen LogP contribution in [0.15, 0.2) is 53.4 Å². The lowest BCUT2D eigenvalue weighted by Crippen LogP contribution is -2.51. The van der Waals surface area contributed by atoms with Gasteiger partial charge in [-0.3, -0.25) is 4.79 Å². The summed E-state index contributed by atoms with van der Waals surface area (Å²) in [7, 11) is -3.89. The van der Waals surface area contributed by atoms with Gasteiger partial charge in [-0.1, -0.05) is 24.3 Å². The zero-order valence-electron chi connectivity index (χ0n) is 17.6. The summed E-state index contributed by atoms with van der Waals surface area (Å²) < 4.78 is 46.8. The molecule has 0 unspecified atom stereocenters. The predicted molar refractivity (Wildman–Crippen MR) is 116 cm³/mol. The number of amides is 1. The van der Waals surface area contributed by atoms with Crippen molar-refractivity contribution in [1.82, 2.24) is 9.62 Å². The van der Waals surface area contributed by atoms with Gasteiger partial charge >= 0.3 is 0 Å². The van der Waals surface area contributed by atoms with Crippen LogP contribution >= 0.6 is 0 Å². The Kier molecular flexibility index (Phi) is 6.90. The standard InChI is InChI=1S/C23H27FN2O5S/c24-18-5-8-20(9-6-18)32(29,30)25-21-10-7-19(31-22(21)15-27)13-23(28)26-12-11-16-3-1-2-4-17(16)14-26/h1-6,8-9,19,21-22,25,27H,7,10-15H2/t19-,21-,22+/m1/s1. The molecular formula is C23H27FN2O5S. The van der Waals surface area contributed by atoms with Crippen molar-refractivity contribution in [2.45, 2.75) is 55.4 Å². The third-order valence-corrected chi connectivity index (χ3v) is 7.62. The van der Waals surface area contributed by atoms with E-state index >= 15 is 0 Å². The number of rotatable bonds is 6. The summed E-state index contributed by atoms with van der Waals surface area (Å²) in [6, 6.07) is 12.0. The first-order valence-corrected chi connectivity index (χ1v) is 12.2. The molecule has 1 fully saturated rings. The van der Waals surface area contributed by atoms with Crippen molar-refractivity contribution in [1.29, 1.82) is 0 Å². The Hall–Kier alpha value is -2.33. The number of halogens is 1. The minimum absolute atomic E-state index is 0.00784. The number of fused-ring (bicyclic) bond motifs is 1. The van der Waals surface area contributed by atoms with Crippen LogP contribution in [0.2, 0.25) is 0 Å². The first-order valence-electron chi connectivity index (χ1n) is 10.7. The van der Waals surface area contributed by atoms with Crippen molar-refractivity contribution >= 4 is 15.9 Å². The predicted octanol–water partition coefficient (Wildman–Crippen LogP) is 1.99. The van der Waals surface area contributed by atoms with E-state index in [4.69, 9.17) is 4.74 Å². The van der Waals surface area contributed by atoms with Crippen molar-refractivity contribution in [3.05, 3.63) is 65.5 Å². The molecule has 0 radical (unpaired) electrons. The highest BCUT2D eigenvalue weighted by Crippen LogP contribution is 2.26. The van der Waals surface area contributed by atoms with E-state index in [1.165, 1.54) is 17.7 Å². The van der Waals surface area contributed by atoms with Crippen molar-refractivity contribution in [2.24, 2.45) is 0 Å². The second-order valence-corrected chi connectivity index (χ2v) is 9.99. The molecule has 9 heteroatoms. The molecule has 2 heterocycles. The molecule has 3 atom stereocenters. The molecule has 0 spiro atoms. The number of hydrogen-bond acceptors (Lipinski definition) is 5. The molecule has 0 aromatic heterocycles. The topological polar surface area (TPSA) is 95.9 Å². The van der Waals surface area contributed by atoms with Gasteiger partial charge in [-0.25, -0.2) is 17.5 Å². The molecule has 2 aliphatic heterocycles. The number of aliphatic hydroxyl groups excluding tert-OH is 1. The maximum absolute atomic E-state index is 13.1. The number of nitrogens with zero attached hydrogens (tertiary/aromatic N) is 1. The molecule has 1 amide bonds. The number of aliphatic hydroxyl groups is 1. The molecule has 0 aliphatic carbocycles. The second-order valence-electron chi connectivity index (χ2n) is 8.28. The minimum Gasteiger partial charge on any atom is -0.394 e. The molecule has 2 N–H and O–H groups in total. The summed E-state index contributed by atoms with van der Waals surface area (Å²) in [4.78, 5) is 14.6. The van der Waals surface area contributed by atoms with Crippen LogP contribution in [0.5, 0.6) is 0 Å². The molecular weight excluding hydrogens is 435 g/mol. The third-order valence-electron chi connectivity index (χ3n) is 6.11. The van der Waals surface area contributed by atoms with E-state index in [-0.39, 0.29) is 29.9 Å². The van der Waals surface area contributed by atoms with Gasteiger partial charge in [0.1, 0.15) is 5.82 Å². The highest BCUT2D eigenvalue weighted by Gasteiger charge is 2.35. The van der Waals surface area contributed by atoms with Crippen molar-refractivity contribution < 1.29 is 27.4 Å². The SMILES string of the molecule is O=C(C[C@H]1CC[C@@H](NS(=O)(=O)c2ccc(F)cc2)[C@H](CO)O1)N1CCc2ccccc2C1. The zero-order chi connectivity index (χ0) is 22.7. The van der Waals surface area contributed by atoms with Crippen LogP contribution < -0.4 is 4.72 Å².